The van der Waals surface area contributed by atoms with Crippen molar-refractivity contribution in [1.82, 2.24) is 9.77 Å². The molecule has 16 heavy (non-hydrogen) atoms. The maximum Gasteiger partial charge on any atom is 0.357 e. The van der Waals surface area contributed by atoms with E-state index in [1.54, 1.807) is 4.98 Å². The topological polar surface area (TPSA) is 64.1 Å². The standard InChI is InChI=1S/C9H6F2N2O3/c1-16-5-3-2-4(10)6-7(5)13(11)9(15)12-8(6)14/h2-3H,1H3,(H,12,14,15). The minimum absolute atomic E-state index is 0.0953. The third-order valence-corrected chi connectivity index (χ3v) is 2.13. The van der Waals surface area contributed by atoms with Crippen LogP contribution in [0.5, 0.6) is 5.75 Å². The highest BCUT2D eigenvalue weighted by molar-refractivity contribution is 5.84. The van der Waals surface area contributed by atoms with Crippen molar-refractivity contribution >= 4 is 10.9 Å². The lowest BCUT2D eigenvalue weighted by molar-refractivity contribution is 0.350. The van der Waals surface area contributed by atoms with Gasteiger partial charge in [0.1, 0.15) is 22.5 Å². The maximum atomic E-state index is 13.4. The van der Waals surface area contributed by atoms with Gasteiger partial charge in [-0.15, -0.1) is 4.79 Å². The molecule has 7 heteroatoms. The lowest BCUT2D eigenvalue weighted by atomic mass is 10.2. The second-order valence-electron chi connectivity index (χ2n) is 3.01. The molecule has 0 aliphatic carbocycles. The molecule has 2 aromatic rings. The number of nitrogens with one attached hydrogen (secondary N) is 1. The number of hydrogen-bond donors (Lipinski definition) is 1. The molecule has 0 amide bonds. The van der Waals surface area contributed by atoms with Crippen molar-refractivity contribution in [2.45, 2.75) is 0 Å². The fraction of sp³-hybridized carbons (Fsp3) is 0.111. The van der Waals surface area contributed by atoms with Crippen molar-refractivity contribution in [2.75, 3.05) is 7.11 Å². The molecule has 0 radical (unpaired) electrons. The van der Waals surface area contributed by atoms with Crippen molar-refractivity contribution < 1.29 is 13.6 Å². The lowest BCUT2D eigenvalue weighted by Gasteiger charge is -2.06. The molecular weight excluding hydrogens is 222 g/mol. The van der Waals surface area contributed by atoms with Crippen LogP contribution in [0.1, 0.15) is 0 Å². The van der Waals surface area contributed by atoms with Gasteiger partial charge in [0.2, 0.25) is 0 Å². The van der Waals surface area contributed by atoms with Crippen LogP contribution in [0.3, 0.4) is 0 Å². The van der Waals surface area contributed by atoms with Gasteiger partial charge in [-0.1, -0.05) is 4.48 Å². The van der Waals surface area contributed by atoms with Crippen LogP contribution >= 0.6 is 0 Å². The van der Waals surface area contributed by atoms with Crippen LogP contribution in [0.15, 0.2) is 21.7 Å². The van der Waals surface area contributed by atoms with Crippen LogP contribution < -0.4 is 16.0 Å². The molecule has 0 unspecified atom stereocenters. The van der Waals surface area contributed by atoms with E-state index in [9.17, 15) is 18.5 Å². The zero-order valence-corrected chi connectivity index (χ0v) is 8.08. The number of nitrogens with zero attached hydrogens (tertiary/aromatic N) is 1. The van der Waals surface area contributed by atoms with E-state index >= 15 is 0 Å². The summed E-state index contributed by atoms with van der Waals surface area (Å²) in [5, 5.41) is -0.554. The van der Waals surface area contributed by atoms with E-state index in [-0.39, 0.29) is 10.5 Å². The molecule has 0 bridgehead atoms. The Hall–Kier alpha value is -2.18. The van der Waals surface area contributed by atoms with Crippen LogP contribution in [0.4, 0.5) is 8.87 Å². The molecule has 1 aromatic heterocycles. The molecule has 0 aliphatic rings. The number of methoxy groups -OCH3 is 1. The van der Waals surface area contributed by atoms with Crippen LogP contribution in [0.2, 0.25) is 0 Å². The van der Waals surface area contributed by atoms with E-state index in [1.165, 1.54) is 7.11 Å². The summed E-state index contributed by atoms with van der Waals surface area (Å²) in [6.07, 6.45) is 0. The van der Waals surface area contributed by atoms with Crippen LogP contribution in [0, 0.1) is 5.82 Å². The van der Waals surface area contributed by atoms with Crippen molar-refractivity contribution in [1.29, 1.82) is 0 Å². The largest absolute Gasteiger partial charge is 0.494 e. The number of halogens is 2. The quantitative estimate of drug-likeness (QED) is 0.776. The van der Waals surface area contributed by atoms with Gasteiger partial charge in [-0.3, -0.25) is 9.78 Å². The molecule has 0 saturated heterocycles. The molecule has 0 atom stereocenters. The molecular formula is C9H6F2N2O3. The molecule has 2 rings (SSSR count). The van der Waals surface area contributed by atoms with Gasteiger partial charge in [0.15, 0.2) is 0 Å². The summed E-state index contributed by atoms with van der Waals surface area (Å²) in [6.45, 7) is 0. The summed E-state index contributed by atoms with van der Waals surface area (Å²) in [6, 6.07) is 2.09. The van der Waals surface area contributed by atoms with Gasteiger partial charge in [-0.25, -0.2) is 9.18 Å². The first-order valence-corrected chi connectivity index (χ1v) is 4.24. The van der Waals surface area contributed by atoms with Gasteiger partial charge in [0.25, 0.3) is 5.56 Å². The van der Waals surface area contributed by atoms with E-state index < -0.39 is 28.0 Å². The molecule has 5 nitrogen and oxygen atoms in total. The van der Waals surface area contributed by atoms with E-state index in [1.807, 2.05) is 0 Å². The minimum atomic E-state index is -1.28. The minimum Gasteiger partial charge on any atom is -0.494 e. The van der Waals surface area contributed by atoms with Crippen molar-refractivity contribution in [3.05, 3.63) is 38.8 Å². The third-order valence-electron chi connectivity index (χ3n) is 2.13. The van der Waals surface area contributed by atoms with E-state index in [4.69, 9.17) is 4.74 Å². The summed E-state index contributed by atoms with van der Waals surface area (Å²) in [5.41, 5.74) is -2.79. The summed E-state index contributed by atoms with van der Waals surface area (Å²) in [7, 11) is 1.22. The Kier molecular flexibility index (Phi) is 2.22. The number of aromatic nitrogens is 2. The Morgan fingerprint density at radius 1 is 1.38 bits per heavy atom. The first-order chi connectivity index (χ1) is 7.56. The molecule has 1 N–H and O–H groups in total. The van der Waals surface area contributed by atoms with E-state index in [2.05, 4.69) is 0 Å². The van der Waals surface area contributed by atoms with Crippen molar-refractivity contribution in [3.63, 3.8) is 0 Å². The monoisotopic (exact) mass is 228 g/mol. The zero-order chi connectivity index (χ0) is 11.9. The third kappa shape index (κ3) is 1.28. The molecule has 1 heterocycles. The Labute approximate surface area is 86.8 Å². The van der Waals surface area contributed by atoms with Gasteiger partial charge in [0.05, 0.1) is 7.11 Å². The molecule has 1 aromatic carbocycles. The second kappa shape index (κ2) is 3.44. The Morgan fingerprint density at radius 2 is 2.06 bits per heavy atom. The number of rotatable bonds is 1. The van der Waals surface area contributed by atoms with Crippen molar-refractivity contribution in [3.8, 4) is 5.75 Å². The predicted molar refractivity (Wildman–Crippen MR) is 51.8 cm³/mol. The fourth-order valence-corrected chi connectivity index (χ4v) is 1.43. The summed E-state index contributed by atoms with van der Waals surface area (Å²) in [4.78, 5) is 23.6. The SMILES string of the molecule is COc1ccc(F)c2c(=O)[nH]c(=O)n(F)c12. The highest BCUT2D eigenvalue weighted by Crippen LogP contribution is 2.23. The Bertz CT molecular complexity index is 675. The van der Waals surface area contributed by atoms with Gasteiger partial charge in [-0.05, 0) is 12.1 Å². The molecule has 84 valence electrons. The number of benzene rings is 1. The van der Waals surface area contributed by atoms with Crippen LogP contribution in [-0.2, 0) is 0 Å². The molecule has 0 spiro atoms. The highest BCUT2D eigenvalue weighted by Gasteiger charge is 2.15. The highest BCUT2D eigenvalue weighted by atomic mass is 19.2. The van der Waals surface area contributed by atoms with Gasteiger partial charge >= 0.3 is 5.69 Å². The number of aromatic amines is 1. The summed E-state index contributed by atoms with van der Waals surface area (Å²) in [5.74, 6) is -1.02. The normalized spacial score (nSPS) is 10.7. The Morgan fingerprint density at radius 3 is 2.69 bits per heavy atom. The predicted octanol–water partition coefficient (Wildman–Crippen LogP) is 0.570. The van der Waals surface area contributed by atoms with Gasteiger partial charge < -0.3 is 4.74 Å². The first kappa shape index (κ1) is 10.3. The van der Waals surface area contributed by atoms with Crippen molar-refractivity contribution in [2.24, 2.45) is 0 Å². The summed E-state index contributed by atoms with van der Waals surface area (Å²) >= 11 is 0. The van der Waals surface area contributed by atoms with Gasteiger partial charge in [0, 0.05) is 0 Å². The smallest absolute Gasteiger partial charge is 0.357 e. The average molecular weight is 228 g/mol. The first-order valence-electron chi connectivity index (χ1n) is 4.24. The Balaban J connectivity index is 3.16. The molecule has 0 fully saturated rings. The maximum absolute atomic E-state index is 13.4. The zero-order valence-electron chi connectivity index (χ0n) is 8.08. The average Bonchev–Trinajstić information content (AvgIpc) is 2.25. The van der Waals surface area contributed by atoms with Gasteiger partial charge in [-0.2, -0.15) is 0 Å². The molecule has 0 saturated carbocycles. The number of ether oxygens (including phenoxy) is 1. The number of H-pyrrole nitrogens is 1. The lowest BCUT2D eigenvalue weighted by Crippen LogP contribution is -2.27. The summed E-state index contributed by atoms with van der Waals surface area (Å²) < 4.78 is 31.5. The van der Waals surface area contributed by atoms with Crippen LogP contribution in [0.25, 0.3) is 10.9 Å². The second-order valence-corrected chi connectivity index (χ2v) is 3.01. The molecule has 0 aliphatic heterocycles. The van der Waals surface area contributed by atoms with E-state index in [0.717, 1.165) is 12.1 Å². The van der Waals surface area contributed by atoms with Crippen LogP contribution in [-0.4, -0.2) is 16.9 Å². The number of hydrogen-bond acceptors (Lipinski definition) is 3. The fourth-order valence-electron chi connectivity index (χ4n) is 1.43. The van der Waals surface area contributed by atoms with E-state index in [0.29, 0.717) is 0 Å². The number of fused-ring (bicyclic) bond motifs is 1.